The summed E-state index contributed by atoms with van der Waals surface area (Å²) < 4.78 is 6.12. The minimum atomic E-state index is 0.161. The zero-order valence-corrected chi connectivity index (χ0v) is 10.6. The lowest BCUT2D eigenvalue weighted by molar-refractivity contribution is 0.0371. The lowest BCUT2D eigenvalue weighted by Crippen LogP contribution is -2.39. The number of morpholine rings is 1. The lowest BCUT2D eigenvalue weighted by atomic mass is 10.1. The third-order valence-electron chi connectivity index (χ3n) is 2.65. The SMILES string of the molecule is O=C(CN1CCOCC1)c1ccccc1Br. The van der Waals surface area contributed by atoms with Gasteiger partial charge in [-0.2, -0.15) is 0 Å². The Hall–Kier alpha value is -0.710. The Labute approximate surface area is 104 Å². The van der Waals surface area contributed by atoms with Crippen molar-refractivity contribution < 1.29 is 9.53 Å². The van der Waals surface area contributed by atoms with E-state index in [0.29, 0.717) is 6.54 Å². The number of hydrogen-bond donors (Lipinski definition) is 0. The number of nitrogens with zero attached hydrogens (tertiary/aromatic N) is 1. The molecule has 0 amide bonds. The second-order valence-electron chi connectivity index (χ2n) is 3.79. The summed E-state index contributed by atoms with van der Waals surface area (Å²) >= 11 is 3.40. The molecule has 16 heavy (non-hydrogen) atoms. The summed E-state index contributed by atoms with van der Waals surface area (Å²) in [6, 6.07) is 7.55. The van der Waals surface area contributed by atoms with Crippen LogP contribution in [0.15, 0.2) is 28.7 Å². The number of ether oxygens (including phenoxy) is 1. The summed E-state index contributed by atoms with van der Waals surface area (Å²) in [4.78, 5) is 14.2. The molecule has 1 aliphatic heterocycles. The maximum atomic E-state index is 12.0. The predicted octanol–water partition coefficient (Wildman–Crippen LogP) is 1.96. The summed E-state index contributed by atoms with van der Waals surface area (Å²) in [6.45, 7) is 3.62. The largest absolute Gasteiger partial charge is 0.379 e. The number of hydrogen-bond acceptors (Lipinski definition) is 3. The standard InChI is InChI=1S/C12H14BrNO2/c13-11-4-2-1-3-10(11)12(15)9-14-5-7-16-8-6-14/h1-4H,5-9H2. The zero-order chi connectivity index (χ0) is 11.4. The fourth-order valence-electron chi connectivity index (χ4n) is 1.73. The summed E-state index contributed by atoms with van der Waals surface area (Å²) in [6.07, 6.45) is 0. The molecule has 0 radical (unpaired) electrons. The van der Waals surface area contributed by atoms with E-state index in [2.05, 4.69) is 20.8 Å². The van der Waals surface area contributed by atoms with Crippen molar-refractivity contribution in [1.82, 2.24) is 4.90 Å². The number of carbonyl (C=O) groups excluding carboxylic acids is 1. The van der Waals surface area contributed by atoms with E-state index in [1.165, 1.54) is 0 Å². The van der Waals surface area contributed by atoms with Crippen LogP contribution < -0.4 is 0 Å². The number of rotatable bonds is 3. The molecule has 0 spiro atoms. The van der Waals surface area contributed by atoms with Gasteiger partial charge in [0, 0.05) is 23.1 Å². The normalized spacial score (nSPS) is 17.3. The van der Waals surface area contributed by atoms with Crippen LogP contribution in [0.5, 0.6) is 0 Å². The van der Waals surface area contributed by atoms with Crippen LogP contribution in [0.3, 0.4) is 0 Å². The van der Waals surface area contributed by atoms with Gasteiger partial charge in [0.2, 0.25) is 0 Å². The van der Waals surface area contributed by atoms with Crippen molar-refractivity contribution in [2.24, 2.45) is 0 Å². The second-order valence-corrected chi connectivity index (χ2v) is 4.65. The average molecular weight is 284 g/mol. The van der Waals surface area contributed by atoms with Crippen LogP contribution in [0, 0.1) is 0 Å². The Kier molecular flexibility index (Phi) is 4.09. The van der Waals surface area contributed by atoms with Crippen LogP contribution in [-0.4, -0.2) is 43.5 Å². The van der Waals surface area contributed by atoms with E-state index in [4.69, 9.17) is 4.74 Å². The molecular formula is C12H14BrNO2. The molecule has 1 aliphatic rings. The van der Waals surface area contributed by atoms with Gasteiger partial charge >= 0.3 is 0 Å². The minimum absolute atomic E-state index is 0.161. The van der Waals surface area contributed by atoms with E-state index < -0.39 is 0 Å². The first-order valence-electron chi connectivity index (χ1n) is 5.35. The molecule has 1 aromatic carbocycles. The van der Waals surface area contributed by atoms with Crippen molar-refractivity contribution >= 4 is 21.7 Å². The number of carbonyl (C=O) groups is 1. The van der Waals surface area contributed by atoms with E-state index in [1.807, 2.05) is 24.3 Å². The maximum Gasteiger partial charge on any atom is 0.177 e. The Bertz CT molecular complexity index is 375. The third kappa shape index (κ3) is 2.90. The lowest BCUT2D eigenvalue weighted by Gasteiger charge is -2.25. The first kappa shape index (κ1) is 11.8. The van der Waals surface area contributed by atoms with Crippen molar-refractivity contribution in [3.63, 3.8) is 0 Å². The highest BCUT2D eigenvalue weighted by Gasteiger charge is 2.16. The van der Waals surface area contributed by atoms with E-state index in [-0.39, 0.29) is 5.78 Å². The smallest absolute Gasteiger partial charge is 0.177 e. The van der Waals surface area contributed by atoms with Crippen molar-refractivity contribution in [3.05, 3.63) is 34.3 Å². The highest BCUT2D eigenvalue weighted by molar-refractivity contribution is 9.10. The molecular weight excluding hydrogens is 270 g/mol. The van der Waals surface area contributed by atoms with Crippen LogP contribution in [0.25, 0.3) is 0 Å². The first-order chi connectivity index (χ1) is 7.77. The van der Waals surface area contributed by atoms with E-state index in [9.17, 15) is 4.79 Å². The molecule has 0 N–H and O–H groups in total. The van der Waals surface area contributed by atoms with Gasteiger partial charge in [-0.25, -0.2) is 0 Å². The molecule has 0 unspecified atom stereocenters. The molecule has 1 heterocycles. The molecule has 0 bridgehead atoms. The number of benzene rings is 1. The molecule has 86 valence electrons. The molecule has 1 saturated heterocycles. The van der Waals surface area contributed by atoms with Crippen molar-refractivity contribution in [3.8, 4) is 0 Å². The number of ketones is 1. The van der Waals surface area contributed by atoms with E-state index in [1.54, 1.807) is 0 Å². The Morgan fingerprint density at radius 3 is 2.69 bits per heavy atom. The number of halogens is 1. The van der Waals surface area contributed by atoms with Crippen molar-refractivity contribution in [2.75, 3.05) is 32.8 Å². The minimum Gasteiger partial charge on any atom is -0.379 e. The molecule has 3 nitrogen and oxygen atoms in total. The van der Waals surface area contributed by atoms with Gasteiger partial charge in [0.25, 0.3) is 0 Å². The molecule has 4 heteroatoms. The summed E-state index contributed by atoms with van der Waals surface area (Å²) in [5, 5.41) is 0. The van der Waals surface area contributed by atoms with E-state index >= 15 is 0 Å². The van der Waals surface area contributed by atoms with Gasteiger partial charge in [0.1, 0.15) is 0 Å². The highest BCUT2D eigenvalue weighted by Crippen LogP contribution is 2.16. The second kappa shape index (κ2) is 5.57. The molecule has 1 aromatic rings. The average Bonchev–Trinajstić information content (AvgIpc) is 2.31. The van der Waals surface area contributed by atoms with Gasteiger partial charge in [0.05, 0.1) is 19.8 Å². The van der Waals surface area contributed by atoms with E-state index in [0.717, 1.165) is 36.3 Å². The van der Waals surface area contributed by atoms with Gasteiger partial charge in [-0.05, 0) is 6.07 Å². The van der Waals surface area contributed by atoms with Gasteiger partial charge in [-0.3, -0.25) is 9.69 Å². The predicted molar refractivity (Wildman–Crippen MR) is 65.7 cm³/mol. The Morgan fingerprint density at radius 2 is 2.00 bits per heavy atom. The molecule has 0 atom stereocenters. The molecule has 2 rings (SSSR count). The van der Waals surface area contributed by atoms with Crippen LogP contribution in [0.2, 0.25) is 0 Å². The third-order valence-corrected chi connectivity index (χ3v) is 3.34. The quantitative estimate of drug-likeness (QED) is 0.795. The van der Waals surface area contributed by atoms with Crippen LogP contribution in [0.1, 0.15) is 10.4 Å². The van der Waals surface area contributed by atoms with Gasteiger partial charge in [-0.1, -0.05) is 34.1 Å². The molecule has 0 saturated carbocycles. The van der Waals surface area contributed by atoms with Crippen LogP contribution in [-0.2, 0) is 4.74 Å². The number of Topliss-reactive ketones (excluding diaryl/α,β-unsaturated/α-hetero) is 1. The Morgan fingerprint density at radius 1 is 1.31 bits per heavy atom. The highest BCUT2D eigenvalue weighted by atomic mass is 79.9. The summed E-state index contributed by atoms with van der Waals surface area (Å²) in [5.74, 6) is 0.161. The maximum absolute atomic E-state index is 12.0. The van der Waals surface area contributed by atoms with Crippen molar-refractivity contribution in [1.29, 1.82) is 0 Å². The fraction of sp³-hybridized carbons (Fsp3) is 0.417. The molecule has 1 fully saturated rings. The van der Waals surface area contributed by atoms with Crippen molar-refractivity contribution in [2.45, 2.75) is 0 Å². The van der Waals surface area contributed by atoms with Crippen LogP contribution in [0.4, 0.5) is 0 Å². The van der Waals surface area contributed by atoms with Gasteiger partial charge in [0.15, 0.2) is 5.78 Å². The topological polar surface area (TPSA) is 29.5 Å². The van der Waals surface area contributed by atoms with Gasteiger partial charge in [-0.15, -0.1) is 0 Å². The fourth-order valence-corrected chi connectivity index (χ4v) is 2.24. The Balaban J connectivity index is 2.00. The molecule has 0 aromatic heterocycles. The van der Waals surface area contributed by atoms with Crippen LogP contribution >= 0.6 is 15.9 Å². The summed E-state index contributed by atoms with van der Waals surface area (Å²) in [7, 11) is 0. The first-order valence-corrected chi connectivity index (χ1v) is 6.14. The molecule has 0 aliphatic carbocycles. The zero-order valence-electron chi connectivity index (χ0n) is 8.99. The van der Waals surface area contributed by atoms with Gasteiger partial charge < -0.3 is 4.74 Å². The summed E-state index contributed by atoms with van der Waals surface area (Å²) in [5.41, 5.74) is 0.758. The monoisotopic (exact) mass is 283 g/mol.